The molecule has 0 saturated heterocycles. The summed E-state index contributed by atoms with van der Waals surface area (Å²) in [6, 6.07) is 11.2. The molecule has 0 radical (unpaired) electrons. The zero-order valence-corrected chi connectivity index (χ0v) is 12.5. The minimum absolute atomic E-state index is 0.252. The second-order valence-electron chi connectivity index (χ2n) is 4.23. The Morgan fingerprint density at radius 3 is 2.60 bits per heavy atom. The number of halogens is 2. The minimum Gasteiger partial charge on any atom is -0.398 e. The summed E-state index contributed by atoms with van der Waals surface area (Å²) in [5.74, 6) is -0.749. The van der Waals surface area contributed by atoms with E-state index in [4.69, 9.17) is 5.73 Å². The molecule has 3 nitrogen and oxygen atoms in total. The molecule has 0 unspecified atom stereocenters. The van der Waals surface area contributed by atoms with Crippen molar-refractivity contribution in [3.63, 3.8) is 0 Å². The second kappa shape index (κ2) is 6.05. The number of para-hydroxylation sites is 1. The number of carbonyl (C=O) groups excluding carboxylic acids is 1. The Balaban J connectivity index is 2.42. The summed E-state index contributed by atoms with van der Waals surface area (Å²) in [5.41, 5.74) is 6.83. The molecule has 20 heavy (non-hydrogen) atoms. The molecular formula is C15H14BrFN2O. The molecule has 2 aromatic rings. The Morgan fingerprint density at radius 1 is 1.30 bits per heavy atom. The summed E-state index contributed by atoms with van der Waals surface area (Å²) < 4.78 is 14.6. The van der Waals surface area contributed by atoms with E-state index in [9.17, 15) is 9.18 Å². The molecular weight excluding hydrogens is 323 g/mol. The minimum atomic E-state index is -0.432. The average Bonchev–Trinajstić information content (AvgIpc) is 2.41. The van der Waals surface area contributed by atoms with E-state index < -0.39 is 5.82 Å². The van der Waals surface area contributed by atoms with Crippen LogP contribution in [0.5, 0.6) is 0 Å². The first-order valence-electron chi connectivity index (χ1n) is 6.16. The fraction of sp³-hybridized carbons (Fsp3) is 0.133. The van der Waals surface area contributed by atoms with Gasteiger partial charge in [0.05, 0.1) is 11.3 Å². The maximum Gasteiger partial charge on any atom is 0.260 e. The number of anilines is 2. The number of hydrogen-bond acceptors (Lipinski definition) is 2. The predicted octanol–water partition coefficient (Wildman–Crippen LogP) is 3.84. The van der Waals surface area contributed by atoms with Crippen molar-refractivity contribution in [3.05, 3.63) is 58.3 Å². The normalized spacial score (nSPS) is 10.3. The molecule has 2 N–H and O–H groups in total. The summed E-state index contributed by atoms with van der Waals surface area (Å²) in [6.45, 7) is 2.15. The highest BCUT2D eigenvalue weighted by Gasteiger charge is 2.20. The quantitative estimate of drug-likeness (QED) is 0.865. The number of amides is 1. The molecule has 0 aromatic heterocycles. The third-order valence-electron chi connectivity index (χ3n) is 2.95. The zero-order chi connectivity index (χ0) is 14.7. The van der Waals surface area contributed by atoms with Gasteiger partial charge in [-0.05, 0) is 37.3 Å². The first-order valence-corrected chi connectivity index (χ1v) is 6.95. The molecule has 0 bridgehead atoms. The number of rotatable bonds is 3. The van der Waals surface area contributed by atoms with E-state index in [1.54, 1.807) is 43.3 Å². The standard InChI is InChI=1S/C15H14BrFN2O/c1-2-19(14-6-4-3-5-12(14)17)15(20)11-8-7-10(16)9-13(11)18/h3-9H,2,18H2,1H3. The summed E-state index contributed by atoms with van der Waals surface area (Å²) in [6.07, 6.45) is 0. The van der Waals surface area contributed by atoms with Gasteiger partial charge in [0.15, 0.2) is 0 Å². The lowest BCUT2D eigenvalue weighted by molar-refractivity contribution is 0.0988. The molecule has 0 aliphatic heterocycles. The van der Waals surface area contributed by atoms with Crippen LogP contribution in [0.1, 0.15) is 17.3 Å². The Morgan fingerprint density at radius 2 is 2.00 bits per heavy atom. The highest BCUT2D eigenvalue weighted by Crippen LogP contribution is 2.24. The van der Waals surface area contributed by atoms with Crippen molar-refractivity contribution < 1.29 is 9.18 Å². The third kappa shape index (κ3) is 2.82. The maximum absolute atomic E-state index is 13.8. The summed E-state index contributed by atoms with van der Waals surface area (Å²) in [5, 5.41) is 0. The van der Waals surface area contributed by atoms with E-state index in [0.29, 0.717) is 17.8 Å². The number of nitrogens with two attached hydrogens (primary N) is 1. The van der Waals surface area contributed by atoms with Crippen LogP contribution in [0.3, 0.4) is 0 Å². The summed E-state index contributed by atoms with van der Waals surface area (Å²) in [7, 11) is 0. The Labute approximate surface area is 125 Å². The maximum atomic E-state index is 13.8. The van der Waals surface area contributed by atoms with Crippen molar-refractivity contribution in [2.75, 3.05) is 17.2 Å². The molecule has 104 valence electrons. The fourth-order valence-electron chi connectivity index (χ4n) is 1.97. The molecule has 2 rings (SSSR count). The van der Waals surface area contributed by atoms with Gasteiger partial charge in [-0.3, -0.25) is 4.79 Å². The van der Waals surface area contributed by atoms with Gasteiger partial charge in [-0.2, -0.15) is 0 Å². The molecule has 0 saturated carbocycles. The van der Waals surface area contributed by atoms with Gasteiger partial charge in [-0.15, -0.1) is 0 Å². The van der Waals surface area contributed by atoms with E-state index in [0.717, 1.165) is 4.47 Å². The van der Waals surface area contributed by atoms with Crippen LogP contribution in [0.25, 0.3) is 0 Å². The zero-order valence-electron chi connectivity index (χ0n) is 10.9. The highest BCUT2D eigenvalue weighted by atomic mass is 79.9. The van der Waals surface area contributed by atoms with Crippen LogP contribution in [0.2, 0.25) is 0 Å². The van der Waals surface area contributed by atoms with Gasteiger partial charge >= 0.3 is 0 Å². The largest absolute Gasteiger partial charge is 0.398 e. The van der Waals surface area contributed by atoms with Crippen LogP contribution in [-0.4, -0.2) is 12.5 Å². The van der Waals surface area contributed by atoms with E-state index in [2.05, 4.69) is 15.9 Å². The molecule has 2 aromatic carbocycles. The van der Waals surface area contributed by atoms with Crippen molar-refractivity contribution >= 4 is 33.2 Å². The number of nitrogen functional groups attached to an aromatic ring is 1. The molecule has 1 amide bonds. The lowest BCUT2D eigenvalue weighted by atomic mass is 10.1. The monoisotopic (exact) mass is 336 g/mol. The molecule has 0 atom stereocenters. The fourth-order valence-corrected chi connectivity index (χ4v) is 2.35. The van der Waals surface area contributed by atoms with Gasteiger partial charge in [0.1, 0.15) is 5.82 Å². The van der Waals surface area contributed by atoms with Gasteiger partial charge in [0, 0.05) is 16.7 Å². The molecule has 0 aliphatic carbocycles. The Kier molecular flexibility index (Phi) is 4.39. The number of benzene rings is 2. The van der Waals surface area contributed by atoms with Crippen LogP contribution in [0.15, 0.2) is 46.9 Å². The van der Waals surface area contributed by atoms with Gasteiger partial charge in [-0.1, -0.05) is 28.1 Å². The SMILES string of the molecule is CCN(C(=O)c1ccc(Br)cc1N)c1ccccc1F. The van der Waals surface area contributed by atoms with Crippen LogP contribution >= 0.6 is 15.9 Å². The van der Waals surface area contributed by atoms with Crippen LogP contribution in [0.4, 0.5) is 15.8 Å². The van der Waals surface area contributed by atoms with Crippen molar-refractivity contribution in [2.45, 2.75) is 6.92 Å². The number of nitrogens with zero attached hydrogens (tertiary/aromatic N) is 1. The van der Waals surface area contributed by atoms with Crippen LogP contribution in [-0.2, 0) is 0 Å². The van der Waals surface area contributed by atoms with Gasteiger partial charge in [0.2, 0.25) is 0 Å². The molecule has 5 heteroatoms. The molecule has 0 aliphatic rings. The van der Waals surface area contributed by atoms with Crippen LogP contribution in [0, 0.1) is 5.82 Å². The molecule has 0 spiro atoms. The van der Waals surface area contributed by atoms with Crippen LogP contribution < -0.4 is 10.6 Å². The van der Waals surface area contributed by atoms with Crippen molar-refractivity contribution in [1.82, 2.24) is 0 Å². The first-order chi connectivity index (χ1) is 9.54. The summed E-state index contributed by atoms with van der Waals surface area (Å²) >= 11 is 3.29. The van der Waals surface area contributed by atoms with Crippen molar-refractivity contribution in [2.24, 2.45) is 0 Å². The summed E-state index contributed by atoms with van der Waals surface area (Å²) in [4.78, 5) is 13.9. The highest BCUT2D eigenvalue weighted by molar-refractivity contribution is 9.10. The second-order valence-corrected chi connectivity index (χ2v) is 5.15. The lowest BCUT2D eigenvalue weighted by Gasteiger charge is -2.22. The van der Waals surface area contributed by atoms with Gasteiger partial charge < -0.3 is 10.6 Å². The van der Waals surface area contributed by atoms with E-state index in [-0.39, 0.29) is 11.6 Å². The predicted molar refractivity (Wildman–Crippen MR) is 82.3 cm³/mol. The average molecular weight is 337 g/mol. The van der Waals surface area contributed by atoms with Crippen molar-refractivity contribution in [3.8, 4) is 0 Å². The molecule has 0 fully saturated rings. The smallest absolute Gasteiger partial charge is 0.260 e. The Bertz CT molecular complexity index is 646. The van der Waals surface area contributed by atoms with Gasteiger partial charge in [0.25, 0.3) is 5.91 Å². The van der Waals surface area contributed by atoms with Crippen molar-refractivity contribution in [1.29, 1.82) is 0 Å². The first kappa shape index (κ1) is 14.5. The number of hydrogen-bond donors (Lipinski definition) is 1. The topological polar surface area (TPSA) is 46.3 Å². The lowest BCUT2D eigenvalue weighted by Crippen LogP contribution is -2.32. The number of carbonyl (C=O) groups is 1. The van der Waals surface area contributed by atoms with E-state index in [1.165, 1.54) is 11.0 Å². The van der Waals surface area contributed by atoms with E-state index in [1.807, 2.05) is 0 Å². The third-order valence-corrected chi connectivity index (χ3v) is 3.44. The Hall–Kier alpha value is -1.88. The molecule has 0 heterocycles. The van der Waals surface area contributed by atoms with E-state index >= 15 is 0 Å². The van der Waals surface area contributed by atoms with Gasteiger partial charge in [-0.25, -0.2) is 4.39 Å².